The molecule has 0 aromatic carbocycles. The van der Waals surface area contributed by atoms with Crippen LogP contribution < -0.4 is 0 Å². The molecule has 1 fully saturated rings. The van der Waals surface area contributed by atoms with Gasteiger partial charge in [-0.25, -0.2) is 0 Å². The zero-order chi connectivity index (χ0) is 10.9. The summed E-state index contributed by atoms with van der Waals surface area (Å²) in [6.45, 7) is 3.09. The Morgan fingerprint density at radius 1 is 1.50 bits per heavy atom. The first-order valence-corrected chi connectivity index (χ1v) is 14.2. The first kappa shape index (κ1) is 12.2. The van der Waals surface area contributed by atoms with Crippen LogP contribution in [-0.4, -0.2) is 24.6 Å². The maximum atomic E-state index is 11.3. The van der Waals surface area contributed by atoms with E-state index in [1.807, 2.05) is 0 Å². The van der Waals surface area contributed by atoms with Gasteiger partial charge in [0, 0.05) is 0 Å². The second kappa shape index (κ2) is 4.35. The van der Waals surface area contributed by atoms with Crippen LogP contribution in [0.15, 0.2) is 0 Å². The molecule has 0 radical (unpaired) electrons. The third-order valence-electron chi connectivity index (χ3n) is 2.63. The Kier molecular flexibility index (Phi) is 3.80. The van der Waals surface area contributed by atoms with Crippen LogP contribution in [-0.2, 0) is 42.4 Å². The average molecular weight is 407 g/mol. The van der Waals surface area contributed by atoms with Crippen molar-refractivity contribution in [3.63, 3.8) is 0 Å². The van der Waals surface area contributed by atoms with Crippen molar-refractivity contribution in [2.45, 2.75) is 22.9 Å². The number of carbonyl (C=O) groups is 2. The van der Waals surface area contributed by atoms with Gasteiger partial charge >= 0.3 is 98.5 Å². The Labute approximate surface area is 98.1 Å². The number of esters is 2. The standard InChI is InChI=1S/C8H11O4.ClH.Hg/c1-5(9)12-8(2)4-6(8)7(10)11-3;;/h4,6H,1-3H3;1H;/q;;+1/p-1/t6-,8-;;/m1../s1. The van der Waals surface area contributed by atoms with E-state index in [2.05, 4.69) is 4.74 Å². The van der Waals surface area contributed by atoms with Crippen LogP contribution in [0.2, 0.25) is 3.43 Å². The summed E-state index contributed by atoms with van der Waals surface area (Å²) in [5.41, 5.74) is -0.678. The van der Waals surface area contributed by atoms with Crippen molar-refractivity contribution in [3.8, 4) is 0 Å². The molecule has 1 saturated carbocycles. The summed E-state index contributed by atoms with van der Waals surface area (Å²) in [7, 11) is 7.22. The fraction of sp³-hybridized carbons (Fsp3) is 0.750. The molecule has 0 aromatic heterocycles. The Bertz CT molecular complexity index is 270. The molecule has 3 atom stereocenters. The van der Waals surface area contributed by atoms with Gasteiger partial charge in [0.25, 0.3) is 0 Å². The fourth-order valence-electron chi connectivity index (χ4n) is 1.79. The van der Waals surface area contributed by atoms with Crippen molar-refractivity contribution < 1.29 is 42.4 Å². The molecule has 6 heteroatoms. The van der Waals surface area contributed by atoms with Gasteiger partial charge in [-0.05, 0) is 0 Å². The molecule has 4 nitrogen and oxygen atoms in total. The topological polar surface area (TPSA) is 52.6 Å². The van der Waals surface area contributed by atoms with Crippen LogP contribution in [0.5, 0.6) is 0 Å². The molecule has 0 aromatic rings. The predicted octanol–water partition coefficient (Wildman–Crippen LogP) is 1.14. The maximum absolute atomic E-state index is 11.3. The number of rotatable bonds is 3. The molecule has 1 aliphatic carbocycles. The molecule has 0 saturated heterocycles. The van der Waals surface area contributed by atoms with Gasteiger partial charge in [-0.3, -0.25) is 0 Å². The van der Waals surface area contributed by atoms with Gasteiger partial charge in [-0.15, -0.1) is 0 Å². The molecule has 0 N–H and O–H groups in total. The van der Waals surface area contributed by atoms with Crippen LogP contribution in [0.25, 0.3) is 0 Å². The van der Waals surface area contributed by atoms with Crippen molar-refractivity contribution in [3.05, 3.63) is 0 Å². The molecule has 0 spiro atoms. The summed E-state index contributed by atoms with van der Waals surface area (Å²) < 4.78 is 9.83. The molecule has 0 unspecified atom stereocenters. The molecule has 1 rings (SSSR count). The first-order chi connectivity index (χ1) is 6.47. The minimum absolute atomic E-state index is 0.0838. The number of hydrogen-bond acceptors (Lipinski definition) is 4. The second-order valence-electron chi connectivity index (χ2n) is 3.54. The van der Waals surface area contributed by atoms with Gasteiger partial charge in [0.1, 0.15) is 0 Å². The number of ether oxygens (including phenoxy) is 2. The summed E-state index contributed by atoms with van der Waals surface area (Å²) in [6.07, 6.45) is 0. The van der Waals surface area contributed by atoms with Crippen molar-refractivity contribution in [1.29, 1.82) is 0 Å². The average Bonchev–Trinajstić information content (AvgIpc) is 2.67. The van der Waals surface area contributed by atoms with Crippen LogP contribution in [0, 0.1) is 5.92 Å². The SMILES string of the molecule is COC(=O)[C@H]1[C@@H]([Hg][Cl])[C@@]1(C)OC(C)=O. The predicted molar refractivity (Wildman–Crippen MR) is 45.3 cm³/mol. The van der Waals surface area contributed by atoms with Gasteiger partial charge in [0.15, 0.2) is 0 Å². The molecule has 0 amide bonds. The van der Waals surface area contributed by atoms with E-state index in [0.717, 1.165) is 0 Å². The van der Waals surface area contributed by atoms with E-state index in [4.69, 9.17) is 13.0 Å². The molecule has 76 valence electrons. The van der Waals surface area contributed by atoms with Crippen molar-refractivity contribution in [1.82, 2.24) is 0 Å². The molecule has 0 aliphatic heterocycles. The Morgan fingerprint density at radius 3 is 2.43 bits per heavy atom. The molecule has 0 heterocycles. The summed E-state index contributed by atoms with van der Waals surface area (Å²) in [5.74, 6) is -1.02. The van der Waals surface area contributed by atoms with Crippen molar-refractivity contribution in [2.24, 2.45) is 5.92 Å². The Hall–Kier alpha value is 0.165. The Balaban J connectivity index is 2.71. The molecular weight excluding hydrogens is 396 g/mol. The second-order valence-corrected chi connectivity index (χ2v) is 10.9. The van der Waals surface area contributed by atoms with Crippen LogP contribution in [0.3, 0.4) is 0 Å². The number of halogens is 1. The molecular formula is C8H11ClHgO4. The number of carbonyl (C=O) groups excluding carboxylic acids is 2. The quantitative estimate of drug-likeness (QED) is 0.520. The Morgan fingerprint density at radius 2 is 2.07 bits per heavy atom. The number of methoxy groups -OCH3 is 1. The van der Waals surface area contributed by atoms with Gasteiger partial charge in [-0.1, -0.05) is 0 Å². The normalized spacial score (nSPS) is 34.3. The van der Waals surface area contributed by atoms with Gasteiger partial charge < -0.3 is 0 Å². The molecule has 1 aliphatic rings. The number of hydrogen-bond donors (Lipinski definition) is 0. The summed E-state index contributed by atoms with van der Waals surface area (Å²) in [6, 6.07) is 0. The fourth-order valence-corrected chi connectivity index (χ4v) is 11.3. The van der Waals surface area contributed by atoms with Gasteiger partial charge in [-0.2, -0.15) is 0 Å². The molecule has 0 bridgehead atoms. The van der Waals surface area contributed by atoms with E-state index >= 15 is 0 Å². The van der Waals surface area contributed by atoms with E-state index < -0.39 is 28.9 Å². The zero-order valence-corrected chi connectivity index (χ0v) is 14.6. The summed E-state index contributed by atoms with van der Waals surface area (Å²) in [5, 5.41) is 0. The van der Waals surface area contributed by atoms with E-state index in [0.29, 0.717) is 0 Å². The van der Waals surface area contributed by atoms with Gasteiger partial charge in [0.2, 0.25) is 0 Å². The third-order valence-corrected chi connectivity index (χ3v) is 11.8. The van der Waals surface area contributed by atoms with E-state index in [-0.39, 0.29) is 21.3 Å². The van der Waals surface area contributed by atoms with Crippen molar-refractivity contribution in [2.75, 3.05) is 7.11 Å². The van der Waals surface area contributed by atoms with Crippen LogP contribution in [0.4, 0.5) is 0 Å². The monoisotopic (exact) mass is 408 g/mol. The summed E-state index contributed by atoms with van der Waals surface area (Å²) in [4.78, 5) is 22.1. The molecule has 14 heavy (non-hydrogen) atoms. The summed E-state index contributed by atoms with van der Waals surface area (Å²) >= 11 is -1.60. The third kappa shape index (κ3) is 2.06. The zero-order valence-electron chi connectivity index (χ0n) is 8.37. The first-order valence-electron chi connectivity index (χ1n) is 4.30. The van der Waals surface area contributed by atoms with Crippen LogP contribution in [0.1, 0.15) is 13.8 Å². The minimum atomic E-state index is -1.60. The van der Waals surface area contributed by atoms with Gasteiger partial charge in [0.05, 0.1) is 0 Å². The van der Waals surface area contributed by atoms with E-state index in [9.17, 15) is 9.59 Å². The van der Waals surface area contributed by atoms with E-state index in [1.54, 1.807) is 6.92 Å². The van der Waals surface area contributed by atoms with Crippen molar-refractivity contribution >= 4 is 20.2 Å². The van der Waals surface area contributed by atoms with Crippen LogP contribution >= 0.6 is 8.25 Å². The van der Waals surface area contributed by atoms with E-state index in [1.165, 1.54) is 14.0 Å².